The molecular formula is C31H42O4. The van der Waals surface area contributed by atoms with E-state index in [4.69, 9.17) is 9.47 Å². The summed E-state index contributed by atoms with van der Waals surface area (Å²) in [6.07, 6.45) is 2.05. The van der Waals surface area contributed by atoms with E-state index in [1.807, 2.05) is 12.1 Å². The van der Waals surface area contributed by atoms with Crippen LogP contribution in [0.3, 0.4) is 0 Å². The summed E-state index contributed by atoms with van der Waals surface area (Å²) in [5.74, 6) is 0.457. The van der Waals surface area contributed by atoms with E-state index in [9.17, 15) is 9.59 Å². The molecule has 0 radical (unpaired) electrons. The van der Waals surface area contributed by atoms with Gasteiger partial charge in [-0.25, -0.2) is 4.79 Å². The Morgan fingerprint density at radius 3 is 2.11 bits per heavy atom. The van der Waals surface area contributed by atoms with Crippen molar-refractivity contribution in [3.05, 3.63) is 64.2 Å². The summed E-state index contributed by atoms with van der Waals surface area (Å²) in [5.41, 5.74) is 4.21. The third-order valence-corrected chi connectivity index (χ3v) is 7.42. The van der Waals surface area contributed by atoms with E-state index in [1.165, 1.54) is 5.56 Å². The maximum Gasteiger partial charge on any atom is 0.338 e. The third kappa shape index (κ3) is 5.79. The predicted octanol–water partition coefficient (Wildman–Crippen LogP) is 7.56. The molecule has 0 N–H and O–H groups in total. The van der Waals surface area contributed by atoms with Crippen molar-refractivity contribution in [1.82, 2.24) is 0 Å². The highest BCUT2D eigenvalue weighted by atomic mass is 16.5. The van der Waals surface area contributed by atoms with Gasteiger partial charge in [-0.1, -0.05) is 93.0 Å². The Kier molecular flexibility index (Phi) is 7.83. The van der Waals surface area contributed by atoms with Crippen LogP contribution in [0.1, 0.15) is 114 Å². The molecule has 2 aromatic rings. The number of ether oxygens (including phenoxy) is 2. The van der Waals surface area contributed by atoms with Crippen LogP contribution in [0.15, 0.2) is 36.4 Å². The van der Waals surface area contributed by atoms with E-state index < -0.39 is 5.92 Å². The van der Waals surface area contributed by atoms with Gasteiger partial charge in [-0.15, -0.1) is 0 Å². The molecule has 0 amide bonds. The van der Waals surface area contributed by atoms with Gasteiger partial charge in [-0.3, -0.25) is 4.79 Å². The number of rotatable bonds is 7. The Hall–Kier alpha value is -2.62. The third-order valence-electron chi connectivity index (χ3n) is 7.42. The Labute approximate surface area is 211 Å². The minimum Gasteiger partial charge on any atom is -0.462 e. The van der Waals surface area contributed by atoms with E-state index in [0.717, 1.165) is 29.5 Å². The van der Waals surface area contributed by atoms with Crippen LogP contribution >= 0.6 is 0 Å². The Balaban J connectivity index is 1.90. The molecule has 0 aliphatic carbocycles. The molecule has 1 aliphatic heterocycles. The summed E-state index contributed by atoms with van der Waals surface area (Å²) < 4.78 is 11.5. The Bertz CT molecular complexity index is 1070. The molecule has 35 heavy (non-hydrogen) atoms. The number of hydrogen-bond acceptors (Lipinski definition) is 4. The predicted molar refractivity (Wildman–Crippen MR) is 141 cm³/mol. The fourth-order valence-electron chi connectivity index (χ4n) is 4.67. The van der Waals surface area contributed by atoms with Gasteiger partial charge in [0.15, 0.2) is 0 Å². The number of hydrogen-bond donors (Lipinski definition) is 0. The van der Waals surface area contributed by atoms with E-state index in [0.29, 0.717) is 29.8 Å². The van der Waals surface area contributed by atoms with Crippen molar-refractivity contribution < 1.29 is 19.1 Å². The molecule has 3 rings (SSSR count). The van der Waals surface area contributed by atoms with Crippen LogP contribution in [0, 0.1) is 11.8 Å². The average Bonchev–Trinajstić information content (AvgIpc) is 3.12. The van der Waals surface area contributed by atoms with Crippen LogP contribution in [0.4, 0.5) is 0 Å². The molecule has 0 fully saturated rings. The summed E-state index contributed by atoms with van der Waals surface area (Å²) in [7, 11) is 0. The van der Waals surface area contributed by atoms with E-state index >= 15 is 0 Å². The number of carbonyl (C=O) groups is 2. The van der Waals surface area contributed by atoms with Gasteiger partial charge in [-0.2, -0.15) is 0 Å². The molecule has 4 nitrogen and oxygen atoms in total. The lowest BCUT2D eigenvalue weighted by Gasteiger charge is -2.27. The van der Waals surface area contributed by atoms with Crippen molar-refractivity contribution in [3.63, 3.8) is 0 Å². The summed E-state index contributed by atoms with van der Waals surface area (Å²) in [5, 5.41) is 0. The van der Waals surface area contributed by atoms with E-state index in [-0.39, 0.29) is 22.8 Å². The second kappa shape index (κ2) is 10.2. The van der Waals surface area contributed by atoms with Gasteiger partial charge in [0.05, 0.1) is 12.2 Å². The lowest BCUT2D eigenvalue weighted by molar-refractivity contribution is -0.133. The molecule has 0 saturated heterocycles. The molecular weight excluding hydrogens is 436 g/mol. The van der Waals surface area contributed by atoms with Gasteiger partial charge >= 0.3 is 11.9 Å². The van der Waals surface area contributed by atoms with Crippen LogP contribution in [0.25, 0.3) is 0 Å². The van der Waals surface area contributed by atoms with Crippen molar-refractivity contribution in [1.29, 1.82) is 0 Å². The molecule has 0 saturated carbocycles. The van der Waals surface area contributed by atoms with E-state index in [1.54, 1.807) is 12.1 Å². The first-order valence-corrected chi connectivity index (χ1v) is 13.0. The van der Waals surface area contributed by atoms with Crippen LogP contribution in [-0.2, 0) is 20.4 Å². The molecule has 0 bridgehead atoms. The minimum absolute atomic E-state index is 0.0650. The molecule has 2 aromatic carbocycles. The van der Waals surface area contributed by atoms with Crippen molar-refractivity contribution >= 4 is 11.9 Å². The number of esters is 2. The smallest absolute Gasteiger partial charge is 0.338 e. The number of carbonyl (C=O) groups excluding carboxylic acids is 2. The maximum atomic E-state index is 13.1. The SMILES string of the molecule is CCC(C)C(CC)COC(=O)c1ccc(C2C(=O)Oc3c2cc(C(C)(C)C)cc3C(C)(C)C)cc1. The summed E-state index contributed by atoms with van der Waals surface area (Å²) in [6.45, 7) is 19.9. The highest BCUT2D eigenvalue weighted by Crippen LogP contribution is 2.47. The number of fused-ring (bicyclic) bond motifs is 1. The zero-order valence-electron chi connectivity index (χ0n) is 23.0. The summed E-state index contributed by atoms with van der Waals surface area (Å²) in [4.78, 5) is 25.7. The molecule has 0 spiro atoms. The maximum absolute atomic E-state index is 13.1. The number of benzene rings is 2. The topological polar surface area (TPSA) is 52.6 Å². The second-order valence-electron chi connectivity index (χ2n) is 12.1. The van der Waals surface area contributed by atoms with Crippen molar-refractivity contribution in [3.8, 4) is 5.75 Å². The van der Waals surface area contributed by atoms with Crippen LogP contribution in [-0.4, -0.2) is 18.5 Å². The Morgan fingerprint density at radius 1 is 0.971 bits per heavy atom. The lowest BCUT2D eigenvalue weighted by Crippen LogP contribution is -2.19. The zero-order chi connectivity index (χ0) is 26.1. The molecule has 1 aliphatic rings. The summed E-state index contributed by atoms with van der Waals surface area (Å²) >= 11 is 0. The van der Waals surface area contributed by atoms with Gasteiger partial charge < -0.3 is 9.47 Å². The Morgan fingerprint density at radius 2 is 1.60 bits per heavy atom. The average molecular weight is 479 g/mol. The van der Waals surface area contributed by atoms with Gasteiger partial charge in [0.25, 0.3) is 0 Å². The zero-order valence-corrected chi connectivity index (χ0v) is 23.0. The van der Waals surface area contributed by atoms with Crippen LogP contribution in [0.2, 0.25) is 0 Å². The summed E-state index contributed by atoms with van der Waals surface area (Å²) in [6, 6.07) is 11.5. The standard InChI is InChI=1S/C31H42O4/c1-10-19(3)20(11-2)18-34-28(32)22-14-12-21(13-15-22)26-24-16-23(30(4,5)6)17-25(31(7,8)9)27(24)35-29(26)33/h12-17,19-20,26H,10-11,18H2,1-9H3. The first kappa shape index (κ1) is 27.0. The first-order valence-electron chi connectivity index (χ1n) is 13.0. The normalized spacial score (nSPS) is 17.5. The first-order chi connectivity index (χ1) is 16.3. The lowest BCUT2D eigenvalue weighted by atomic mass is 9.77. The van der Waals surface area contributed by atoms with Crippen molar-refractivity contribution in [2.75, 3.05) is 6.61 Å². The fraction of sp³-hybridized carbons (Fsp3) is 0.548. The highest BCUT2D eigenvalue weighted by Gasteiger charge is 2.39. The van der Waals surface area contributed by atoms with Gasteiger partial charge in [-0.05, 0) is 52.3 Å². The molecule has 190 valence electrons. The molecule has 3 atom stereocenters. The molecule has 4 heteroatoms. The molecule has 1 heterocycles. The largest absolute Gasteiger partial charge is 0.462 e. The van der Waals surface area contributed by atoms with Gasteiger partial charge in [0.1, 0.15) is 11.7 Å². The van der Waals surface area contributed by atoms with E-state index in [2.05, 4.69) is 74.4 Å². The van der Waals surface area contributed by atoms with Gasteiger partial charge in [0, 0.05) is 11.1 Å². The fourth-order valence-corrected chi connectivity index (χ4v) is 4.67. The van der Waals surface area contributed by atoms with Crippen molar-refractivity contribution in [2.45, 2.75) is 91.9 Å². The highest BCUT2D eigenvalue weighted by molar-refractivity contribution is 5.92. The molecule has 0 aromatic heterocycles. The molecule has 3 unspecified atom stereocenters. The quantitative estimate of drug-likeness (QED) is 0.304. The van der Waals surface area contributed by atoms with Crippen LogP contribution in [0.5, 0.6) is 5.75 Å². The minimum atomic E-state index is -0.506. The monoisotopic (exact) mass is 478 g/mol. The van der Waals surface area contributed by atoms with Crippen molar-refractivity contribution in [2.24, 2.45) is 11.8 Å². The van der Waals surface area contributed by atoms with Gasteiger partial charge in [0.2, 0.25) is 0 Å². The van der Waals surface area contributed by atoms with Crippen LogP contribution < -0.4 is 4.74 Å². The second-order valence-corrected chi connectivity index (χ2v) is 12.1.